The lowest BCUT2D eigenvalue weighted by Crippen LogP contribution is -2.44. The van der Waals surface area contributed by atoms with Crippen molar-refractivity contribution in [2.45, 2.75) is 38.8 Å². The second-order valence-electron chi connectivity index (χ2n) is 5.67. The summed E-state index contributed by atoms with van der Waals surface area (Å²) < 4.78 is 7.04. The number of rotatable bonds is 1. The molecule has 0 saturated heterocycles. The quantitative estimate of drug-likeness (QED) is 0.808. The number of fused-ring (bicyclic) bond motifs is 1. The Morgan fingerprint density at radius 2 is 2.21 bits per heavy atom. The molecule has 0 aromatic carbocycles. The third kappa shape index (κ3) is 2.70. The summed E-state index contributed by atoms with van der Waals surface area (Å²) in [6.07, 6.45) is 0.233. The van der Waals surface area contributed by atoms with Gasteiger partial charge in [-0.15, -0.1) is 5.10 Å². The van der Waals surface area contributed by atoms with Crippen LogP contribution in [0.4, 0.5) is 4.79 Å². The second kappa shape index (κ2) is 4.80. The van der Waals surface area contributed by atoms with Gasteiger partial charge in [0.05, 0.1) is 12.3 Å². The average Bonchev–Trinajstić information content (AvgIpc) is 2.68. The van der Waals surface area contributed by atoms with Gasteiger partial charge in [0.1, 0.15) is 17.3 Å². The van der Waals surface area contributed by atoms with Gasteiger partial charge < -0.3 is 9.84 Å². The van der Waals surface area contributed by atoms with E-state index in [1.807, 2.05) is 27.8 Å². The fourth-order valence-corrected chi connectivity index (χ4v) is 2.20. The number of amides is 1. The van der Waals surface area contributed by atoms with E-state index >= 15 is 0 Å². The van der Waals surface area contributed by atoms with Crippen molar-refractivity contribution in [1.29, 1.82) is 0 Å². The summed E-state index contributed by atoms with van der Waals surface area (Å²) in [5.41, 5.74) is 1.06. The van der Waals surface area contributed by atoms with Crippen molar-refractivity contribution in [3.05, 3.63) is 11.4 Å². The highest BCUT2D eigenvalue weighted by atomic mass is 16.6. The minimum absolute atomic E-state index is 0.190. The number of aliphatic hydroxyl groups is 1. The highest BCUT2D eigenvalue weighted by molar-refractivity contribution is 5.69. The topological polar surface area (TPSA) is 80.5 Å². The Hall–Kier alpha value is -1.63. The summed E-state index contributed by atoms with van der Waals surface area (Å²) >= 11 is 0. The molecule has 0 fully saturated rings. The number of carbonyl (C=O) groups is 1. The van der Waals surface area contributed by atoms with Crippen molar-refractivity contribution in [1.82, 2.24) is 19.9 Å². The monoisotopic (exact) mass is 268 g/mol. The lowest BCUT2D eigenvalue weighted by atomic mass is 10.0. The number of aromatic nitrogens is 3. The van der Waals surface area contributed by atoms with Crippen molar-refractivity contribution >= 4 is 6.09 Å². The molecule has 1 atom stereocenters. The molecule has 1 amide bonds. The lowest BCUT2D eigenvalue weighted by molar-refractivity contribution is 0.00614. The van der Waals surface area contributed by atoms with Crippen LogP contribution in [0.25, 0.3) is 0 Å². The predicted octanol–water partition coefficient (Wildman–Crippen LogP) is 0.642. The van der Waals surface area contributed by atoms with E-state index in [0.717, 1.165) is 5.69 Å². The van der Waals surface area contributed by atoms with E-state index in [4.69, 9.17) is 4.74 Å². The Morgan fingerprint density at radius 1 is 1.53 bits per heavy atom. The second-order valence-corrected chi connectivity index (χ2v) is 5.67. The summed E-state index contributed by atoms with van der Waals surface area (Å²) in [5, 5.41) is 17.5. The van der Waals surface area contributed by atoms with Gasteiger partial charge >= 0.3 is 6.09 Å². The zero-order valence-electron chi connectivity index (χ0n) is 11.8. The first-order valence-electron chi connectivity index (χ1n) is 6.32. The van der Waals surface area contributed by atoms with Gasteiger partial charge in [-0.1, -0.05) is 5.21 Å². The maximum Gasteiger partial charge on any atom is 0.410 e. The molecule has 0 bridgehead atoms. The molecule has 1 N–H and O–H groups in total. The summed E-state index contributed by atoms with van der Waals surface area (Å²) in [5.74, 6) is 0. The highest BCUT2D eigenvalue weighted by Gasteiger charge is 2.36. The number of aliphatic hydroxyl groups excluding tert-OH is 1. The normalized spacial score (nSPS) is 19.2. The maximum atomic E-state index is 12.1. The molecule has 2 rings (SSSR count). The van der Waals surface area contributed by atoms with Crippen LogP contribution in [0.3, 0.4) is 0 Å². The van der Waals surface area contributed by atoms with E-state index in [9.17, 15) is 9.90 Å². The average molecular weight is 268 g/mol. The minimum Gasteiger partial charge on any atom is -0.444 e. The smallest absolute Gasteiger partial charge is 0.410 e. The van der Waals surface area contributed by atoms with Crippen LogP contribution in [0.2, 0.25) is 0 Å². The number of hydrogen-bond acceptors (Lipinski definition) is 5. The molecule has 2 heterocycles. The molecule has 0 saturated carbocycles. The van der Waals surface area contributed by atoms with Crippen molar-refractivity contribution < 1.29 is 14.6 Å². The van der Waals surface area contributed by atoms with Gasteiger partial charge in [0, 0.05) is 20.0 Å². The number of carbonyl (C=O) groups excluding carboxylic acids is 1. The standard InChI is InChI=1S/C12H20N4O3/c1-12(2,3)19-11(18)16-6-5-8-10(9(16)7-17)13-14-15(8)4/h9,17H,5-7H2,1-4H3. The van der Waals surface area contributed by atoms with E-state index < -0.39 is 17.7 Å². The molecule has 0 aliphatic carbocycles. The van der Waals surface area contributed by atoms with E-state index in [0.29, 0.717) is 18.7 Å². The van der Waals surface area contributed by atoms with E-state index in [1.165, 1.54) is 4.90 Å². The molecule has 7 heteroatoms. The van der Waals surface area contributed by atoms with Crippen molar-refractivity contribution in [3.8, 4) is 0 Å². The molecule has 19 heavy (non-hydrogen) atoms. The first kappa shape index (κ1) is 13.8. The third-order valence-electron chi connectivity index (χ3n) is 3.06. The third-order valence-corrected chi connectivity index (χ3v) is 3.06. The molecular formula is C12H20N4O3. The first-order valence-corrected chi connectivity index (χ1v) is 6.32. The highest BCUT2D eigenvalue weighted by Crippen LogP contribution is 2.28. The Labute approximate surface area is 112 Å². The van der Waals surface area contributed by atoms with Gasteiger partial charge in [-0.05, 0) is 20.8 Å². The van der Waals surface area contributed by atoms with Crippen LogP contribution < -0.4 is 0 Å². The van der Waals surface area contributed by atoms with Crippen LogP contribution in [0.15, 0.2) is 0 Å². The molecular weight excluding hydrogens is 248 g/mol. The Morgan fingerprint density at radius 3 is 2.79 bits per heavy atom. The SMILES string of the molecule is Cn1nnc2c1CCN(C(=O)OC(C)(C)C)C2CO. The Balaban J connectivity index is 2.22. The molecule has 0 radical (unpaired) electrons. The fraction of sp³-hybridized carbons (Fsp3) is 0.750. The van der Waals surface area contributed by atoms with Crippen LogP contribution in [-0.4, -0.2) is 49.8 Å². The summed E-state index contributed by atoms with van der Waals surface area (Å²) in [6, 6.07) is -0.479. The Bertz CT molecular complexity index is 478. The van der Waals surface area contributed by atoms with E-state index in [-0.39, 0.29) is 6.61 Å². The molecule has 106 valence electrons. The van der Waals surface area contributed by atoms with Gasteiger partial charge in [-0.25, -0.2) is 4.79 Å². The molecule has 1 aromatic heterocycles. The number of nitrogens with zero attached hydrogens (tertiary/aromatic N) is 4. The van der Waals surface area contributed by atoms with Crippen LogP contribution in [-0.2, 0) is 18.2 Å². The van der Waals surface area contributed by atoms with Crippen LogP contribution in [0, 0.1) is 0 Å². The van der Waals surface area contributed by atoms with E-state index in [1.54, 1.807) is 4.68 Å². The zero-order chi connectivity index (χ0) is 14.2. The van der Waals surface area contributed by atoms with Crippen LogP contribution in [0.1, 0.15) is 38.2 Å². The van der Waals surface area contributed by atoms with Gasteiger partial charge in [-0.3, -0.25) is 9.58 Å². The van der Waals surface area contributed by atoms with Gasteiger partial charge in [0.2, 0.25) is 0 Å². The van der Waals surface area contributed by atoms with Gasteiger partial charge in [0.25, 0.3) is 0 Å². The summed E-state index contributed by atoms with van der Waals surface area (Å²) in [6.45, 7) is 5.75. The molecule has 1 unspecified atom stereocenters. The summed E-state index contributed by atoms with van der Waals surface area (Å²) in [7, 11) is 1.81. The van der Waals surface area contributed by atoms with Crippen LogP contribution in [0.5, 0.6) is 0 Å². The molecule has 7 nitrogen and oxygen atoms in total. The lowest BCUT2D eigenvalue weighted by Gasteiger charge is -2.34. The molecule has 1 aromatic rings. The predicted molar refractivity (Wildman–Crippen MR) is 67.5 cm³/mol. The number of hydrogen-bond donors (Lipinski definition) is 1. The molecule has 1 aliphatic heterocycles. The van der Waals surface area contributed by atoms with Crippen molar-refractivity contribution in [3.63, 3.8) is 0 Å². The van der Waals surface area contributed by atoms with E-state index in [2.05, 4.69) is 10.3 Å². The van der Waals surface area contributed by atoms with Crippen LogP contribution >= 0.6 is 0 Å². The van der Waals surface area contributed by atoms with Gasteiger partial charge in [0.15, 0.2) is 0 Å². The van der Waals surface area contributed by atoms with Crippen molar-refractivity contribution in [2.24, 2.45) is 7.05 Å². The fourth-order valence-electron chi connectivity index (χ4n) is 2.20. The largest absolute Gasteiger partial charge is 0.444 e. The number of ether oxygens (including phenoxy) is 1. The molecule has 1 aliphatic rings. The maximum absolute atomic E-state index is 12.1. The van der Waals surface area contributed by atoms with Crippen molar-refractivity contribution in [2.75, 3.05) is 13.2 Å². The van der Waals surface area contributed by atoms with Gasteiger partial charge in [-0.2, -0.15) is 0 Å². The minimum atomic E-state index is -0.556. The first-order chi connectivity index (χ1) is 8.83. The number of aryl methyl sites for hydroxylation is 1. The summed E-state index contributed by atoms with van der Waals surface area (Å²) in [4.78, 5) is 13.7. The zero-order valence-corrected chi connectivity index (χ0v) is 11.8. The molecule has 0 spiro atoms. The Kier molecular flexibility index (Phi) is 3.49.